The first kappa shape index (κ1) is 20.4. The molecule has 0 aromatic carbocycles. The minimum absolute atomic E-state index is 0.0367. The molecule has 2 aliphatic heterocycles. The van der Waals surface area contributed by atoms with Crippen LogP contribution in [0.3, 0.4) is 0 Å². The molecular formula is C23H40O3. The molecule has 1 saturated carbocycles. The molecule has 1 N–H and O–H groups in total. The zero-order chi connectivity index (χ0) is 18.4. The molecule has 0 aromatic rings. The molecule has 3 nitrogen and oxygen atoms in total. The van der Waals surface area contributed by atoms with Crippen LogP contribution in [-0.2, 0) is 9.47 Å². The smallest absolute Gasteiger partial charge is 0.0633 e. The summed E-state index contributed by atoms with van der Waals surface area (Å²) in [6, 6.07) is 0. The maximum absolute atomic E-state index is 9.36. The summed E-state index contributed by atoms with van der Waals surface area (Å²) in [4.78, 5) is 0. The fourth-order valence-electron chi connectivity index (χ4n) is 5.01. The van der Waals surface area contributed by atoms with Crippen molar-refractivity contribution in [3.8, 4) is 0 Å². The Morgan fingerprint density at radius 2 is 1.65 bits per heavy atom. The molecule has 0 amide bonds. The monoisotopic (exact) mass is 364 g/mol. The summed E-state index contributed by atoms with van der Waals surface area (Å²) in [5.74, 6) is 1.23. The van der Waals surface area contributed by atoms with Gasteiger partial charge in [0.1, 0.15) is 0 Å². The Balaban J connectivity index is 1.44. The van der Waals surface area contributed by atoms with Gasteiger partial charge in [-0.05, 0) is 56.3 Å². The maximum atomic E-state index is 9.36. The van der Waals surface area contributed by atoms with E-state index < -0.39 is 0 Å². The van der Waals surface area contributed by atoms with Crippen molar-refractivity contribution in [1.82, 2.24) is 0 Å². The second-order valence-corrected chi connectivity index (χ2v) is 9.63. The summed E-state index contributed by atoms with van der Waals surface area (Å²) in [6.07, 6.45) is 19.7. The number of allylic oxidation sites excluding steroid dienone is 2. The molecule has 1 aliphatic carbocycles. The van der Waals surface area contributed by atoms with Crippen molar-refractivity contribution in [2.75, 3.05) is 13.2 Å². The van der Waals surface area contributed by atoms with Crippen molar-refractivity contribution >= 4 is 0 Å². The first-order valence-electron chi connectivity index (χ1n) is 11.1. The number of hydrogen-bond donors (Lipinski definition) is 1. The Morgan fingerprint density at radius 3 is 2.35 bits per heavy atom. The van der Waals surface area contributed by atoms with E-state index in [0.29, 0.717) is 30.1 Å². The molecule has 26 heavy (non-hydrogen) atoms. The molecule has 2 heterocycles. The summed E-state index contributed by atoms with van der Waals surface area (Å²) in [5.41, 5.74) is 0.0367. The number of rotatable bonds is 9. The van der Waals surface area contributed by atoms with E-state index >= 15 is 0 Å². The fraction of sp³-hybridized carbons (Fsp3) is 0.913. The molecule has 0 unspecified atom stereocenters. The number of aliphatic hydroxyl groups excluding tert-OH is 1. The van der Waals surface area contributed by atoms with Gasteiger partial charge in [0.2, 0.25) is 0 Å². The van der Waals surface area contributed by atoms with Crippen LogP contribution in [0.15, 0.2) is 12.2 Å². The van der Waals surface area contributed by atoms with E-state index in [4.69, 9.17) is 9.47 Å². The Morgan fingerprint density at radius 1 is 0.962 bits per heavy atom. The lowest BCUT2D eigenvalue weighted by molar-refractivity contribution is -0.00341. The van der Waals surface area contributed by atoms with Crippen molar-refractivity contribution in [1.29, 1.82) is 0 Å². The summed E-state index contributed by atoms with van der Waals surface area (Å²) < 4.78 is 12.6. The van der Waals surface area contributed by atoms with Crippen LogP contribution in [0.1, 0.15) is 84.5 Å². The van der Waals surface area contributed by atoms with Crippen molar-refractivity contribution in [2.24, 2.45) is 17.3 Å². The average molecular weight is 365 g/mol. The van der Waals surface area contributed by atoms with E-state index in [1.54, 1.807) is 0 Å². The van der Waals surface area contributed by atoms with Crippen LogP contribution in [0.5, 0.6) is 0 Å². The molecule has 0 spiro atoms. The van der Waals surface area contributed by atoms with Crippen LogP contribution in [0.4, 0.5) is 0 Å². The molecule has 3 fully saturated rings. The zero-order valence-corrected chi connectivity index (χ0v) is 17.0. The SMILES string of the molecule is CC(C)(CO)CCC=CC[C@H]1[C@@H](COC2CCCCCC2)[C@H]2CC[C@@H]1O2. The molecule has 150 valence electrons. The minimum atomic E-state index is 0.0367. The number of fused-ring (bicyclic) bond motifs is 2. The van der Waals surface area contributed by atoms with Crippen molar-refractivity contribution in [3.05, 3.63) is 12.2 Å². The van der Waals surface area contributed by atoms with Gasteiger partial charge in [-0.25, -0.2) is 0 Å². The van der Waals surface area contributed by atoms with E-state index in [0.717, 1.165) is 25.9 Å². The highest BCUT2D eigenvalue weighted by Crippen LogP contribution is 2.45. The van der Waals surface area contributed by atoms with E-state index in [2.05, 4.69) is 26.0 Å². The highest BCUT2D eigenvalue weighted by Gasteiger charge is 2.48. The molecule has 3 rings (SSSR count). The van der Waals surface area contributed by atoms with Gasteiger partial charge in [0.05, 0.1) is 24.9 Å². The van der Waals surface area contributed by atoms with Crippen LogP contribution < -0.4 is 0 Å². The number of ether oxygens (including phenoxy) is 2. The van der Waals surface area contributed by atoms with Crippen LogP contribution >= 0.6 is 0 Å². The van der Waals surface area contributed by atoms with Crippen LogP contribution in [0.25, 0.3) is 0 Å². The lowest BCUT2D eigenvalue weighted by Crippen LogP contribution is -2.32. The van der Waals surface area contributed by atoms with Gasteiger partial charge in [0, 0.05) is 12.5 Å². The molecule has 4 atom stereocenters. The first-order valence-corrected chi connectivity index (χ1v) is 11.1. The molecule has 2 bridgehead atoms. The molecular weight excluding hydrogens is 324 g/mol. The Hall–Kier alpha value is -0.380. The van der Waals surface area contributed by atoms with Crippen molar-refractivity contribution in [3.63, 3.8) is 0 Å². The molecule has 3 heteroatoms. The highest BCUT2D eigenvalue weighted by atomic mass is 16.5. The van der Waals surface area contributed by atoms with Gasteiger partial charge < -0.3 is 14.6 Å². The van der Waals surface area contributed by atoms with E-state index in [-0.39, 0.29) is 12.0 Å². The number of aliphatic hydroxyl groups is 1. The molecule has 0 aromatic heterocycles. The minimum Gasteiger partial charge on any atom is -0.396 e. The number of hydrogen-bond acceptors (Lipinski definition) is 3. The van der Waals surface area contributed by atoms with Gasteiger partial charge >= 0.3 is 0 Å². The van der Waals surface area contributed by atoms with Gasteiger partial charge in [-0.15, -0.1) is 0 Å². The van der Waals surface area contributed by atoms with Crippen LogP contribution in [0, 0.1) is 17.3 Å². The quantitative estimate of drug-likeness (QED) is 0.448. The largest absolute Gasteiger partial charge is 0.396 e. The average Bonchev–Trinajstić information content (AvgIpc) is 3.13. The molecule has 3 aliphatic rings. The standard InChI is InChI=1S/C23H40O3/c1-23(2,17-24)15-9-5-8-12-19-20(22-14-13-21(19)26-22)16-25-18-10-6-3-4-7-11-18/h5,8,18-22,24H,3-4,6-7,9-17H2,1-2H3/t19-,20+,21-,22+/m0/s1. The predicted molar refractivity (Wildman–Crippen MR) is 106 cm³/mol. The predicted octanol–water partition coefficient (Wildman–Crippen LogP) is 5.26. The van der Waals surface area contributed by atoms with E-state index in [1.165, 1.54) is 51.4 Å². The topological polar surface area (TPSA) is 38.7 Å². The Kier molecular flexibility index (Phi) is 7.60. The third kappa shape index (κ3) is 5.56. The lowest BCUT2D eigenvalue weighted by atomic mass is 9.77. The summed E-state index contributed by atoms with van der Waals surface area (Å²) >= 11 is 0. The second kappa shape index (κ2) is 9.71. The summed E-state index contributed by atoms with van der Waals surface area (Å²) in [5, 5.41) is 9.36. The van der Waals surface area contributed by atoms with Gasteiger partial charge in [-0.3, -0.25) is 0 Å². The van der Waals surface area contributed by atoms with E-state index in [9.17, 15) is 5.11 Å². The third-order valence-electron chi connectivity index (χ3n) is 6.91. The van der Waals surface area contributed by atoms with Gasteiger partial charge in [-0.1, -0.05) is 51.7 Å². The molecule has 0 radical (unpaired) electrons. The lowest BCUT2D eigenvalue weighted by Gasteiger charge is -2.29. The third-order valence-corrected chi connectivity index (χ3v) is 6.91. The zero-order valence-electron chi connectivity index (χ0n) is 17.0. The second-order valence-electron chi connectivity index (χ2n) is 9.63. The van der Waals surface area contributed by atoms with Crippen molar-refractivity contribution < 1.29 is 14.6 Å². The first-order chi connectivity index (χ1) is 12.6. The van der Waals surface area contributed by atoms with Crippen LogP contribution in [0.2, 0.25) is 0 Å². The fourth-order valence-corrected chi connectivity index (χ4v) is 5.01. The Labute approximate surface area is 160 Å². The Bertz CT molecular complexity index is 437. The molecule has 2 saturated heterocycles. The summed E-state index contributed by atoms with van der Waals surface area (Å²) in [6.45, 7) is 5.43. The van der Waals surface area contributed by atoms with Gasteiger partial charge in [0.15, 0.2) is 0 Å². The van der Waals surface area contributed by atoms with E-state index in [1.807, 2.05) is 0 Å². The van der Waals surface area contributed by atoms with Crippen molar-refractivity contribution in [2.45, 2.75) is 103 Å². The highest BCUT2D eigenvalue weighted by molar-refractivity contribution is 5.00. The summed E-state index contributed by atoms with van der Waals surface area (Å²) in [7, 11) is 0. The van der Waals surface area contributed by atoms with Gasteiger partial charge in [-0.2, -0.15) is 0 Å². The maximum Gasteiger partial charge on any atom is 0.0633 e. The van der Waals surface area contributed by atoms with Gasteiger partial charge in [0.25, 0.3) is 0 Å². The van der Waals surface area contributed by atoms with Crippen LogP contribution in [-0.4, -0.2) is 36.6 Å². The normalized spacial score (nSPS) is 33.2.